The molecule has 38 heavy (non-hydrogen) atoms. The second-order valence-corrected chi connectivity index (χ2v) is 10.8. The number of ether oxygens (including phenoxy) is 1. The fraction of sp³-hybridized carbons (Fsp3) is 0.700. The molecular formula is C30H43F5N2O. The van der Waals surface area contributed by atoms with Gasteiger partial charge in [-0.25, -0.2) is 18.2 Å². The summed E-state index contributed by atoms with van der Waals surface area (Å²) < 4.78 is 81.1. The van der Waals surface area contributed by atoms with Crippen molar-refractivity contribution in [2.45, 2.75) is 110 Å². The maximum atomic E-state index is 15.6. The van der Waals surface area contributed by atoms with Crippen molar-refractivity contribution < 1.29 is 26.7 Å². The Balaban J connectivity index is 1.63. The molecule has 0 saturated heterocycles. The Morgan fingerprint density at radius 3 is 2.50 bits per heavy atom. The summed E-state index contributed by atoms with van der Waals surface area (Å²) in [5, 5.41) is 0. The average molecular weight is 543 g/mol. The Bertz CT molecular complexity index is 964. The normalized spacial score (nSPS) is 21.3. The molecule has 3 nitrogen and oxygen atoms in total. The van der Waals surface area contributed by atoms with Gasteiger partial charge in [-0.3, -0.25) is 0 Å². The van der Waals surface area contributed by atoms with Gasteiger partial charge in [-0.15, -0.1) is 0 Å². The number of halogens is 5. The second-order valence-electron chi connectivity index (χ2n) is 10.8. The molecule has 1 aliphatic carbocycles. The smallest absolute Gasteiger partial charge is 0.284 e. The van der Waals surface area contributed by atoms with Gasteiger partial charge in [-0.1, -0.05) is 72.1 Å². The minimum Gasteiger partial charge on any atom is -0.490 e. The Hall–Kier alpha value is -2.12. The van der Waals surface area contributed by atoms with E-state index >= 15 is 13.2 Å². The number of rotatable bonds is 15. The highest BCUT2D eigenvalue weighted by Crippen LogP contribution is 2.48. The lowest BCUT2D eigenvalue weighted by Gasteiger charge is -2.36. The van der Waals surface area contributed by atoms with Gasteiger partial charge in [0.05, 0.1) is 23.8 Å². The van der Waals surface area contributed by atoms with Crippen molar-refractivity contribution in [2.75, 3.05) is 13.2 Å². The van der Waals surface area contributed by atoms with Gasteiger partial charge >= 0.3 is 0 Å². The molecule has 3 unspecified atom stereocenters. The van der Waals surface area contributed by atoms with Crippen LogP contribution in [0, 0.1) is 23.5 Å². The summed E-state index contributed by atoms with van der Waals surface area (Å²) in [6.07, 6.45) is 11.1. The molecule has 0 amide bonds. The van der Waals surface area contributed by atoms with Crippen LogP contribution in [-0.4, -0.2) is 30.2 Å². The number of aliphatic imine (C=N–C) groups is 1. The Kier molecular flexibility index (Phi) is 11.5. The van der Waals surface area contributed by atoms with Crippen molar-refractivity contribution in [1.29, 1.82) is 0 Å². The lowest BCUT2D eigenvalue weighted by atomic mass is 9.77. The molecule has 2 aliphatic rings. The fourth-order valence-corrected chi connectivity index (χ4v) is 5.23. The first-order chi connectivity index (χ1) is 18.2. The van der Waals surface area contributed by atoms with Gasteiger partial charge in [0.25, 0.3) is 12.3 Å². The van der Waals surface area contributed by atoms with Crippen molar-refractivity contribution in [2.24, 2.45) is 16.8 Å². The molecule has 3 atom stereocenters. The molecule has 0 radical (unpaired) electrons. The molecule has 0 bridgehead atoms. The fourth-order valence-electron chi connectivity index (χ4n) is 5.23. The number of nitrogens with zero attached hydrogens (tertiary/aromatic N) is 2. The van der Waals surface area contributed by atoms with Gasteiger partial charge in [0, 0.05) is 12.7 Å². The van der Waals surface area contributed by atoms with Gasteiger partial charge < -0.3 is 9.64 Å². The lowest BCUT2D eigenvalue weighted by Crippen LogP contribution is -2.40. The zero-order chi connectivity index (χ0) is 27.7. The lowest BCUT2D eigenvalue weighted by molar-refractivity contribution is -0.0532. The minimum atomic E-state index is -3.72. The Labute approximate surface area is 224 Å². The molecule has 0 aromatic heterocycles. The zero-order valence-corrected chi connectivity index (χ0v) is 23.1. The molecule has 1 aromatic rings. The van der Waals surface area contributed by atoms with Crippen molar-refractivity contribution in [3.05, 3.63) is 41.1 Å². The van der Waals surface area contributed by atoms with Crippen molar-refractivity contribution >= 4 is 5.71 Å². The third-order valence-electron chi connectivity index (χ3n) is 7.87. The zero-order valence-electron chi connectivity index (χ0n) is 23.1. The van der Waals surface area contributed by atoms with Gasteiger partial charge in [0.1, 0.15) is 0 Å². The van der Waals surface area contributed by atoms with Crippen LogP contribution in [0.2, 0.25) is 0 Å². The number of unbranched alkanes of at least 4 members (excludes halogenated alkanes) is 6. The van der Waals surface area contributed by atoms with E-state index in [-0.39, 0.29) is 36.5 Å². The number of allylic oxidation sites excluding steroid dienone is 1. The number of benzene rings is 1. The quantitative estimate of drug-likeness (QED) is 0.125. The van der Waals surface area contributed by atoms with Crippen LogP contribution in [0.25, 0.3) is 0 Å². The van der Waals surface area contributed by atoms with E-state index in [9.17, 15) is 8.78 Å². The molecule has 1 aromatic carbocycles. The van der Waals surface area contributed by atoms with Gasteiger partial charge in [0.2, 0.25) is 5.82 Å². The van der Waals surface area contributed by atoms with E-state index in [2.05, 4.69) is 25.8 Å². The van der Waals surface area contributed by atoms with Crippen molar-refractivity contribution in [1.82, 2.24) is 4.90 Å². The van der Waals surface area contributed by atoms with Crippen LogP contribution in [0.5, 0.6) is 5.75 Å². The monoisotopic (exact) mass is 542 g/mol. The molecule has 0 saturated carbocycles. The van der Waals surface area contributed by atoms with Crippen LogP contribution >= 0.6 is 0 Å². The molecule has 1 aliphatic heterocycles. The van der Waals surface area contributed by atoms with Crippen LogP contribution in [0.15, 0.2) is 23.3 Å². The summed E-state index contributed by atoms with van der Waals surface area (Å²) in [6.45, 7) is 7.08. The third kappa shape index (κ3) is 7.50. The van der Waals surface area contributed by atoms with Gasteiger partial charge in [-0.2, -0.15) is 8.78 Å². The highest BCUT2D eigenvalue weighted by Gasteiger charge is 2.51. The summed E-state index contributed by atoms with van der Waals surface area (Å²) in [5.41, 5.74) is -1.05. The Morgan fingerprint density at radius 1 is 1.05 bits per heavy atom. The van der Waals surface area contributed by atoms with Crippen LogP contribution in [0.1, 0.15) is 103 Å². The van der Waals surface area contributed by atoms with Crippen molar-refractivity contribution in [3.8, 4) is 5.75 Å². The van der Waals surface area contributed by atoms with Gasteiger partial charge in [-0.05, 0) is 49.3 Å². The maximum Gasteiger partial charge on any atom is 0.284 e. The van der Waals surface area contributed by atoms with E-state index in [0.29, 0.717) is 18.9 Å². The molecule has 3 rings (SSSR count). The average Bonchev–Trinajstić information content (AvgIpc) is 2.88. The number of hydrogen-bond donors (Lipinski definition) is 0. The van der Waals surface area contributed by atoms with Crippen LogP contribution < -0.4 is 4.74 Å². The summed E-state index contributed by atoms with van der Waals surface area (Å²) in [6, 6.07) is 1.20. The second kappa shape index (κ2) is 14.3. The molecular weight excluding hydrogens is 499 g/mol. The minimum absolute atomic E-state index is 0.0308. The summed E-state index contributed by atoms with van der Waals surface area (Å²) in [5.74, 6) is -7.95. The Morgan fingerprint density at radius 2 is 1.79 bits per heavy atom. The molecule has 0 N–H and O–H groups in total. The topological polar surface area (TPSA) is 24.8 Å². The van der Waals surface area contributed by atoms with Crippen LogP contribution in [-0.2, 0) is 12.3 Å². The number of hydrogen-bond acceptors (Lipinski definition) is 3. The predicted octanol–water partition coefficient (Wildman–Crippen LogP) is 9.10. The highest BCUT2D eigenvalue weighted by molar-refractivity contribution is 5.98. The SMILES string of the molecule is CCCCCCCCOc1cc2c(c(F)c1F)C(F)(F)C(C1=NC(F)N(CCCCC(C)CC)C=C1)CC2. The first-order valence-electron chi connectivity index (χ1n) is 14.4. The van der Waals surface area contributed by atoms with E-state index < -0.39 is 35.5 Å². The number of alkyl halides is 3. The summed E-state index contributed by atoms with van der Waals surface area (Å²) >= 11 is 0. The maximum absolute atomic E-state index is 15.6. The summed E-state index contributed by atoms with van der Waals surface area (Å²) in [7, 11) is 0. The third-order valence-corrected chi connectivity index (χ3v) is 7.87. The van der Waals surface area contributed by atoms with Crippen LogP contribution in [0.3, 0.4) is 0 Å². The molecule has 214 valence electrons. The molecule has 1 heterocycles. The highest BCUT2D eigenvalue weighted by atomic mass is 19.3. The van der Waals surface area contributed by atoms with Crippen molar-refractivity contribution in [3.63, 3.8) is 0 Å². The van der Waals surface area contributed by atoms with E-state index in [4.69, 9.17) is 4.74 Å². The standard InChI is InChI=1S/C30H43F5N2O/c1-4-6-7-8-9-12-19-38-25-20-22-14-15-23(30(34,35)26(22)28(32)27(25)31)24-16-18-37(29(33)36-24)17-11-10-13-21(3)5-2/h16,18,20-21,23,29H,4-15,17,19H2,1-3H3. The van der Waals surface area contributed by atoms with E-state index in [1.165, 1.54) is 23.2 Å². The molecule has 0 spiro atoms. The summed E-state index contributed by atoms with van der Waals surface area (Å²) in [4.78, 5) is 5.29. The van der Waals surface area contributed by atoms with Gasteiger partial charge in [0.15, 0.2) is 11.6 Å². The number of fused-ring (bicyclic) bond motifs is 1. The van der Waals surface area contributed by atoms with Crippen LogP contribution in [0.4, 0.5) is 22.0 Å². The van der Waals surface area contributed by atoms with E-state index in [1.807, 2.05) is 0 Å². The van der Waals surface area contributed by atoms with E-state index in [1.54, 1.807) is 0 Å². The first-order valence-corrected chi connectivity index (χ1v) is 14.4. The number of aryl methyl sites for hydroxylation is 1. The molecule has 8 heteroatoms. The predicted molar refractivity (Wildman–Crippen MR) is 142 cm³/mol. The molecule has 0 fully saturated rings. The first kappa shape index (κ1) is 30.4. The van der Waals surface area contributed by atoms with E-state index in [0.717, 1.165) is 57.8 Å². The largest absolute Gasteiger partial charge is 0.490 e.